The maximum atomic E-state index is 11.0. The Morgan fingerprint density at radius 1 is 1.46 bits per heavy atom. The predicted octanol–water partition coefficient (Wildman–Crippen LogP) is 1.28. The van der Waals surface area contributed by atoms with Crippen LogP contribution in [0.5, 0.6) is 0 Å². The minimum absolute atomic E-state index is 0.102. The van der Waals surface area contributed by atoms with E-state index in [9.17, 15) is 9.90 Å². The van der Waals surface area contributed by atoms with E-state index in [2.05, 4.69) is 5.32 Å². The van der Waals surface area contributed by atoms with E-state index >= 15 is 0 Å². The van der Waals surface area contributed by atoms with Crippen molar-refractivity contribution in [3.05, 3.63) is 0 Å². The van der Waals surface area contributed by atoms with Gasteiger partial charge in [0.2, 0.25) is 5.91 Å². The topological polar surface area (TPSA) is 49.3 Å². The van der Waals surface area contributed by atoms with E-state index in [1.165, 1.54) is 0 Å². The van der Waals surface area contributed by atoms with Crippen molar-refractivity contribution in [1.82, 2.24) is 5.32 Å². The molecule has 0 spiro atoms. The molecule has 0 radical (unpaired) electrons. The van der Waals surface area contributed by atoms with Gasteiger partial charge in [-0.15, -0.1) is 11.6 Å². The van der Waals surface area contributed by atoms with Gasteiger partial charge < -0.3 is 10.4 Å². The van der Waals surface area contributed by atoms with Crippen molar-refractivity contribution in [2.24, 2.45) is 0 Å². The highest BCUT2D eigenvalue weighted by molar-refractivity contribution is 6.18. The number of rotatable bonds is 6. The molecule has 0 rings (SSSR count). The monoisotopic (exact) mass is 207 g/mol. The Balaban J connectivity index is 3.78. The molecule has 0 saturated heterocycles. The van der Waals surface area contributed by atoms with Crippen molar-refractivity contribution < 1.29 is 9.90 Å². The van der Waals surface area contributed by atoms with Crippen molar-refractivity contribution in [2.45, 2.75) is 38.7 Å². The fourth-order valence-corrected chi connectivity index (χ4v) is 1.11. The van der Waals surface area contributed by atoms with Crippen LogP contribution in [0.4, 0.5) is 0 Å². The van der Waals surface area contributed by atoms with E-state index in [1.807, 2.05) is 13.8 Å². The molecule has 4 heteroatoms. The van der Waals surface area contributed by atoms with Gasteiger partial charge in [-0.25, -0.2) is 0 Å². The maximum Gasteiger partial charge on any atom is 0.221 e. The van der Waals surface area contributed by atoms with Crippen LogP contribution in [-0.4, -0.2) is 29.0 Å². The zero-order valence-corrected chi connectivity index (χ0v) is 9.02. The minimum atomic E-state index is -0.762. The number of nitrogens with one attached hydrogen (secondary N) is 1. The number of hydrogen-bond donors (Lipinski definition) is 2. The van der Waals surface area contributed by atoms with E-state index < -0.39 is 5.60 Å². The molecule has 0 atom stereocenters. The molecule has 0 saturated carbocycles. The number of carbonyl (C=O) groups is 1. The second-order valence-electron chi connectivity index (χ2n) is 3.15. The van der Waals surface area contributed by atoms with Crippen LogP contribution in [0.1, 0.15) is 33.1 Å². The number of hydrogen-bond acceptors (Lipinski definition) is 2. The van der Waals surface area contributed by atoms with Crippen molar-refractivity contribution >= 4 is 17.5 Å². The molecule has 1 amide bonds. The van der Waals surface area contributed by atoms with Crippen LogP contribution in [0.3, 0.4) is 0 Å². The van der Waals surface area contributed by atoms with Gasteiger partial charge >= 0.3 is 0 Å². The van der Waals surface area contributed by atoms with Gasteiger partial charge in [0.15, 0.2) is 0 Å². The lowest BCUT2D eigenvalue weighted by Crippen LogP contribution is -2.42. The Hall–Kier alpha value is -0.280. The van der Waals surface area contributed by atoms with Crippen LogP contribution in [0, 0.1) is 0 Å². The van der Waals surface area contributed by atoms with Crippen LogP contribution in [0.25, 0.3) is 0 Å². The molecule has 0 aromatic rings. The molecule has 0 aliphatic carbocycles. The second kappa shape index (κ2) is 6.22. The molecule has 78 valence electrons. The summed E-state index contributed by atoms with van der Waals surface area (Å²) >= 11 is 5.39. The highest BCUT2D eigenvalue weighted by Gasteiger charge is 2.22. The van der Waals surface area contributed by atoms with E-state index in [1.54, 1.807) is 0 Å². The SMILES string of the molecule is CCC(O)(CC)CNC(=O)CCCl. The number of aliphatic hydroxyl groups is 1. The third-order valence-electron chi connectivity index (χ3n) is 2.25. The van der Waals surface area contributed by atoms with Gasteiger partial charge in [-0.3, -0.25) is 4.79 Å². The van der Waals surface area contributed by atoms with E-state index in [0.717, 1.165) is 0 Å². The first-order chi connectivity index (χ1) is 6.08. The lowest BCUT2D eigenvalue weighted by molar-refractivity contribution is -0.122. The Kier molecular flexibility index (Phi) is 6.08. The maximum absolute atomic E-state index is 11.0. The molecule has 13 heavy (non-hydrogen) atoms. The van der Waals surface area contributed by atoms with E-state index in [0.29, 0.717) is 31.7 Å². The lowest BCUT2D eigenvalue weighted by Gasteiger charge is -2.25. The van der Waals surface area contributed by atoms with Crippen LogP contribution in [0.15, 0.2) is 0 Å². The van der Waals surface area contributed by atoms with Gasteiger partial charge in [0.05, 0.1) is 5.60 Å². The third-order valence-corrected chi connectivity index (χ3v) is 2.44. The fourth-order valence-electron chi connectivity index (χ4n) is 0.937. The van der Waals surface area contributed by atoms with Gasteiger partial charge in [0, 0.05) is 18.8 Å². The first-order valence-electron chi connectivity index (χ1n) is 4.63. The van der Waals surface area contributed by atoms with E-state index in [4.69, 9.17) is 11.6 Å². The average molecular weight is 208 g/mol. The van der Waals surface area contributed by atoms with Crippen molar-refractivity contribution in [1.29, 1.82) is 0 Å². The largest absolute Gasteiger partial charge is 0.388 e. The van der Waals surface area contributed by atoms with Crippen molar-refractivity contribution in [3.63, 3.8) is 0 Å². The lowest BCUT2D eigenvalue weighted by atomic mass is 9.98. The van der Waals surface area contributed by atoms with Crippen LogP contribution < -0.4 is 5.32 Å². The van der Waals surface area contributed by atoms with Crippen LogP contribution >= 0.6 is 11.6 Å². The average Bonchev–Trinajstić information content (AvgIpc) is 2.15. The first kappa shape index (κ1) is 12.7. The standard InChI is InChI=1S/C9H18ClNO2/c1-3-9(13,4-2)7-11-8(12)5-6-10/h13H,3-7H2,1-2H3,(H,11,12). The van der Waals surface area contributed by atoms with Gasteiger partial charge in [-0.1, -0.05) is 13.8 Å². The molecular weight excluding hydrogens is 190 g/mol. The molecule has 3 nitrogen and oxygen atoms in total. The van der Waals surface area contributed by atoms with E-state index in [-0.39, 0.29) is 5.91 Å². The number of amides is 1. The molecule has 0 aromatic carbocycles. The van der Waals surface area contributed by atoms with Gasteiger partial charge in [0.1, 0.15) is 0 Å². The summed E-state index contributed by atoms with van der Waals surface area (Å²) in [5.41, 5.74) is -0.762. The zero-order valence-electron chi connectivity index (χ0n) is 8.27. The highest BCUT2D eigenvalue weighted by Crippen LogP contribution is 2.12. The number of carbonyl (C=O) groups excluding carboxylic acids is 1. The number of halogens is 1. The molecule has 0 bridgehead atoms. The third kappa shape index (κ3) is 5.11. The highest BCUT2D eigenvalue weighted by atomic mass is 35.5. The Bertz CT molecular complexity index is 158. The smallest absolute Gasteiger partial charge is 0.221 e. The summed E-state index contributed by atoms with van der Waals surface area (Å²) in [6.07, 6.45) is 1.60. The fraction of sp³-hybridized carbons (Fsp3) is 0.889. The summed E-state index contributed by atoms with van der Waals surface area (Å²) in [6, 6.07) is 0. The minimum Gasteiger partial charge on any atom is -0.388 e. The number of alkyl halides is 1. The quantitative estimate of drug-likeness (QED) is 0.645. The van der Waals surface area contributed by atoms with Gasteiger partial charge in [-0.2, -0.15) is 0 Å². The Morgan fingerprint density at radius 2 is 2.00 bits per heavy atom. The van der Waals surface area contributed by atoms with Crippen molar-refractivity contribution in [3.8, 4) is 0 Å². The summed E-state index contributed by atoms with van der Waals surface area (Å²) in [5, 5.41) is 12.5. The zero-order chi connectivity index (χ0) is 10.3. The molecule has 0 unspecified atom stereocenters. The summed E-state index contributed by atoms with van der Waals surface area (Å²) < 4.78 is 0. The summed E-state index contributed by atoms with van der Waals surface area (Å²) in [4.78, 5) is 11.0. The Morgan fingerprint density at radius 3 is 2.38 bits per heavy atom. The summed E-state index contributed by atoms with van der Waals surface area (Å²) in [5.74, 6) is 0.220. The normalized spacial score (nSPS) is 11.4. The van der Waals surface area contributed by atoms with Gasteiger partial charge in [0.25, 0.3) is 0 Å². The molecule has 0 aromatic heterocycles. The molecule has 0 aliphatic rings. The van der Waals surface area contributed by atoms with Crippen molar-refractivity contribution in [2.75, 3.05) is 12.4 Å². The summed E-state index contributed by atoms with van der Waals surface area (Å²) in [6.45, 7) is 4.12. The molecule has 2 N–H and O–H groups in total. The Labute approximate surface area is 84.5 Å². The molecule has 0 heterocycles. The predicted molar refractivity (Wildman–Crippen MR) is 53.9 cm³/mol. The summed E-state index contributed by atoms with van der Waals surface area (Å²) in [7, 11) is 0. The van der Waals surface area contributed by atoms with Crippen LogP contribution in [0.2, 0.25) is 0 Å². The van der Waals surface area contributed by atoms with Gasteiger partial charge in [-0.05, 0) is 12.8 Å². The second-order valence-corrected chi connectivity index (χ2v) is 3.53. The van der Waals surface area contributed by atoms with Crippen LogP contribution in [-0.2, 0) is 4.79 Å². The molecular formula is C9H18ClNO2. The molecule has 0 fully saturated rings. The molecule has 0 aliphatic heterocycles. The first-order valence-corrected chi connectivity index (χ1v) is 5.16.